The summed E-state index contributed by atoms with van der Waals surface area (Å²) in [6, 6.07) is 10.4. The van der Waals surface area contributed by atoms with Crippen LogP contribution < -0.4 is 10.6 Å². The summed E-state index contributed by atoms with van der Waals surface area (Å²) in [7, 11) is 0. The van der Waals surface area contributed by atoms with Gasteiger partial charge in [0.15, 0.2) is 12.6 Å². The van der Waals surface area contributed by atoms with Crippen LogP contribution in [0, 0.1) is 13.8 Å². The maximum Gasteiger partial charge on any atom is 0.340 e. The summed E-state index contributed by atoms with van der Waals surface area (Å²) in [4.78, 5) is 26.0. The number of hydrogen-bond acceptors (Lipinski definition) is 15. The van der Waals surface area contributed by atoms with Gasteiger partial charge in [-0.25, -0.2) is 9.59 Å². The smallest absolute Gasteiger partial charge is 0.340 e. The van der Waals surface area contributed by atoms with Gasteiger partial charge in [-0.15, -0.1) is 0 Å². The fourth-order valence-electron chi connectivity index (χ4n) is 5.48. The lowest BCUT2D eigenvalue weighted by Gasteiger charge is -2.44. The summed E-state index contributed by atoms with van der Waals surface area (Å²) in [6.45, 7) is 7.18. The Labute approximate surface area is 272 Å². The van der Waals surface area contributed by atoms with E-state index in [-0.39, 0.29) is 11.1 Å². The number of carbonyl (C=O) groups excluding carboxylic acids is 2. The number of ether oxygens (including phenoxy) is 5. The normalized spacial score (nSPS) is 30.8. The van der Waals surface area contributed by atoms with Crippen molar-refractivity contribution >= 4 is 23.3 Å². The number of esters is 2. The molecule has 2 saturated heterocycles. The summed E-state index contributed by atoms with van der Waals surface area (Å²) in [5, 5.41) is 69.6. The monoisotopic (exact) mass is 664 g/mol. The molecule has 0 radical (unpaired) electrons. The van der Waals surface area contributed by atoms with E-state index in [1.54, 1.807) is 50.2 Å². The van der Waals surface area contributed by atoms with E-state index in [9.17, 15) is 40.2 Å². The average molecular weight is 665 g/mol. The number of rotatable bonds is 12. The van der Waals surface area contributed by atoms with Crippen LogP contribution in [-0.4, -0.2) is 130 Å². The van der Waals surface area contributed by atoms with Gasteiger partial charge in [-0.05, 0) is 51.0 Å². The SMILES string of the molecule is CCNc1cccc(C)c1C(=O)OC[C@H]1O[C@H](O[C@H]2O[C@H](COC(=O)c3c(C)cccc3NCC)[C@@H](O)[C@H](O)[C@H]2O)[C@H](O)[C@@H](O)[C@@H]1O. The average Bonchev–Trinajstić information content (AvgIpc) is 3.04. The van der Waals surface area contributed by atoms with Gasteiger partial charge in [0.05, 0.1) is 11.1 Å². The lowest BCUT2D eigenvalue weighted by molar-refractivity contribution is -0.376. The number of aliphatic hydroxyl groups excluding tert-OH is 6. The molecule has 15 nitrogen and oxygen atoms in total. The van der Waals surface area contributed by atoms with Crippen molar-refractivity contribution in [2.75, 3.05) is 36.9 Å². The number of benzene rings is 2. The van der Waals surface area contributed by atoms with E-state index in [4.69, 9.17) is 23.7 Å². The van der Waals surface area contributed by atoms with Gasteiger partial charge in [0.2, 0.25) is 0 Å². The Balaban J connectivity index is 1.42. The fourth-order valence-corrected chi connectivity index (χ4v) is 5.48. The van der Waals surface area contributed by atoms with Gasteiger partial charge in [0.1, 0.15) is 62.0 Å². The minimum absolute atomic E-state index is 0.270. The molecule has 0 saturated carbocycles. The van der Waals surface area contributed by atoms with Crippen molar-refractivity contribution in [3.8, 4) is 0 Å². The first-order valence-electron chi connectivity index (χ1n) is 15.4. The molecule has 0 bridgehead atoms. The number of aliphatic hydroxyl groups is 6. The Morgan fingerprint density at radius 1 is 0.638 bits per heavy atom. The largest absolute Gasteiger partial charge is 0.459 e. The molecular weight excluding hydrogens is 620 g/mol. The molecule has 0 aliphatic carbocycles. The molecule has 15 heteroatoms. The Hall–Kier alpha value is -3.38. The van der Waals surface area contributed by atoms with E-state index >= 15 is 0 Å². The van der Waals surface area contributed by atoms with Crippen molar-refractivity contribution in [1.82, 2.24) is 0 Å². The first-order chi connectivity index (χ1) is 22.4. The van der Waals surface area contributed by atoms with Crippen molar-refractivity contribution < 1.29 is 63.9 Å². The molecule has 8 N–H and O–H groups in total. The Morgan fingerprint density at radius 3 is 1.38 bits per heavy atom. The van der Waals surface area contributed by atoms with Crippen molar-refractivity contribution in [2.24, 2.45) is 0 Å². The van der Waals surface area contributed by atoms with Crippen LogP contribution in [-0.2, 0) is 23.7 Å². The first kappa shape index (κ1) is 36.5. The lowest BCUT2D eigenvalue weighted by Crippen LogP contribution is -2.64. The van der Waals surface area contributed by atoms with E-state index in [0.29, 0.717) is 35.6 Å². The highest BCUT2D eigenvalue weighted by Gasteiger charge is 2.50. The highest BCUT2D eigenvalue weighted by atomic mass is 16.8. The fraction of sp³-hybridized carbons (Fsp3) is 0.562. The number of anilines is 2. The zero-order valence-electron chi connectivity index (χ0n) is 26.6. The second-order valence-corrected chi connectivity index (χ2v) is 11.4. The third-order valence-electron chi connectivity index (χ3n) is 8.05. The lowest BCUT2D eigenvalue weighted by atomic mass is 9.98. The zero-order valence-corrected chi connectivity index (χ0v) is 26.6. The molecule has 4 rings (SSSR count). The van der Waals surface area contributed by atoms with Crippen molar-refractivity contribution in [1.29, 1.82) is 0 Å². The highest BCUT2D eigenvalue weighted by Crippen LogP contribution is 2.30. The van der Waals surface area contributed by atoms with Gasteiger partial charge >= 0.3 is 11.9 Å². The minimum atomic E-state index is -1.87. The molecule has 0 unspecified atom stereocenters. The van der Waals surface area contributed by atoms with Crippen molar-refractivity contribution in [2.45, 2.75) is 89.1 Å². The highest BCUT2D eigenvalue weighted by molar-refractivity contribution is 5.98. The summed E-state index contributed by atoms with van der Waals surface area (Å²) >= 11 is 0. The van der Waals surface area contributed by atoms with Crippen molar-refractivity contribution in [3.05, 3.63) is 58.7 Å². The predicted octanol–water partition coefficient (Wildman–Crippen LogP) is -0.187. The molecule has 2 aliphatic rings. The topological polar surface area (TPSA) is 226 Å². The molecule has 0 spiro atoms. The van der Waals surface area contributed by atoms with Crippen LogP contribution in [0.1, 0.15) is 45.7 Å². The van der Waals surface area contributed by atoms with Gasteiger partial charge in [-0.1, -0.05) is 24.3 Å². The number of nitrogens with one attached hydrogen (secondary N) is 2. The van der Waals surface area contributed by atoms with E-state index in [1.807, 2.05) is 13.8 Å². The number of carbonyl (C=O) groups is 2. The maximum absolute atomic E-state index is 13.0. The second kappa shape index (κ2) is 16.1. The van der Waals surface area contributed by atoms with Crippen LogP contribution in [0.3, 0.4) is 0 Å². The molecule has 47 heavy (non-hydrogen) atoms. The number of hydrogen-bond donors (Lipinski definition) is 8. The van der Waals surface area contributed by atoms with Gasteiger partial charge in [-0.3, -0.25) is 0 Å². The molecule has 0 aromatic heterocycles. The predicted molar refractivity (Wildman–Crippen MR) is 166 cm³/mol. The van der Waals surface area contributed by atoms with Crippen LogP contribution in [0.25, 0.3) is 0 Å². The van der Waals surface area contributed by atoms with Crippen LogP contribution in [0.2, 0.25) is 0 Å². The van der Waals surface area contributed by atoms with E-state index in [0.717, 1.165) is 0 Å². The molecule has 0 amide bonds. The molecule has 2 aliphatic heterocycles. The Bertz CT molecular complexity index is 1280. The standard InChI is InChI=1S/C32H44N2O13/c1-5-33-17-11-7-9-15(3)21(17)29(41)43-13-19-23(35)25(37)27(39)31(45-19)47-32-28(40)26(38)24(36)20(46-32)14-44-30(42)22-16(4)10-8-12-18(22)34-6-2/h7-12,19-20,23-28,31-40H,5-6,13-14H2,1-4H3/t19-,20-,23-,24-,25+,26+,27-,28-,31-,32-/m1/s1. The Morgan fingerprint density at radius 2 is 1.02 bits per heavy atom. The van der Waals surface area contributed by atoms with Gasteiger partial charge < -0.3 is 65.0 Å². The second-order valence-electron chi connectivity index (χ2n) is 11.4. The zero-order chi connectivity index (χ0) is 34.4. The first-order valence-corrected chi connectivity index (χ1v) is 15.4. The summed E-state index contributed by atoms with van der Waals surface area (Å²) in [6.07, 6.45) is -17.1. The molecule has 2 aromatic carbocycles. The van der Waals surface area contributed by atoms with Crippen LogP contribution in [0.15, 0.2) is 36.4 Å². The van der Waals surface area contributed by atoms with E-state index in [1.165, 1.54) is 0 Å². The van der Waals surface area contributed by atoms with E-state index < -0.39 is 86.6 Å². The summed E-state index contributed by atoms with van der Waals surface area (Å²) in [5.74, 6) is -1.45. The molecular formula is C32H44N2O13. The van der Waals surface area contributed by atoms with Crippen LogP contribution >= 0.6 is 0 Å². The molecule has 2 aromatic rings. The van der Waals surface area contributed by atoms with Gasteiger partial charge in [0, 0.05) is 24.5 Å². The molecule has 2 heterocycles. The van der Waals surface area contributed by atoms with Gasteiger partial charge in [0.25, 0.3) is 0 Å². The van der Waals surface area contributed by atoms with Gasteiger partial charge in [-0.2, -0.15) is 0 Å². The number of aryl methyl sites for hydroxylation is 2. The molecule has 10 atom stereocenters. The third-order valence-corrected chi connectivity index (χ3v) is 8.05. The minimum Gasteiger partial charge on any atom is -0.459 e. The summed E-state index contributed by atoms with van der Waals surface area (Å²) in [5.41, 5.74) is 2.90. The third kappa shape index (κ3) is 8.20. The quantitative estimate of drug-likeness (QED) is 0.138. The van der Waals surface area contributed by atoms with Crippen LogP contribution in [0.4, 0.5) is 11.4 Å². The van der Waals surface area contributed by atoms with Crippen LogP contribution in [0.5, 0.6) is 0 Å². The maximum atomic E-state index is 13.0. The summed E-state index contributed by atoms with van der Waals surface area (Å²) < 4.78 is 27.6. The van der Waals surface area contributed by atoms with E-state index in [2.05, 4.69) is 10.6 Å². The Kier molecular flexibility index (Phi) is 12.5. The van der Waals surface area contributed by atoms with Crippen molar-refractivity contribution in [3.63, 3.8) is 0 Å². The molecule has 260 valence electrons. The molecule has 2 fully saturated rings.